The Hall–Kier alpha value is -1.82. The van der Waals surface area contributed by atoms with Crippen molar-refractivity contribution in [2.45, 2.75) is 32.6 Å². The van der Waals surface area contributed by atoms with E-state index in [9.17, 15) is 9.59 Å². The lowest BCUT2D eigenvalue weighted by Gasteiger charge is -2.09. The lowest BCUT2D eigenvalue weighted by atomic mass is 10.2. The number of anilines is 1. The molecule has 0 aliphatic heterocycles. The molecule has 0 atom stereocenters. The van der Waals surface area contributed by atoms with Crippen molar-refractivity contribution in [2.75, 3.05) is 18.4 Å². The molecule has 6 nitrogen and oxygen atoms in total. The summed E-state index contributed by atoms with van der Waals surface area (Å²) in [6.45, 7) is 3.28. The van der Waals surface area contributed by atoms with Crippen LogP contribution >= 0.6 is 11.6 Å². The Labute approximate surface area is 129 Å². The number of aromatic nitrogens is 1. The third-order valence-electron chi connectivity index (χ3n) is 2.75. The van der Waals surface area contributed by atoms with Crippen molar-refractivity contribution >= 4 is 29.2 Å². The van der Waals surface area contributed by atoms with Gasteiger partial charge in [0.2, 0.25) is 5.91 Å². The van der Waals surface area contributed by atoms with Gasteiger partial charge in [0, 0.05) is 19.5 Å². The lowest BCUT2D eigenvalue weighted by molar-refractivity contribution is -0.118. The van der Waals surface area contributed by atoms with Crippen LogP contribution in [0.1, 0.15) is 43.1 Å². The van der Waals surface area contributed by atoms with Crippen molar-refractivity contribution in [1.82, 2.24) is 10.3 Å². The van der Waals surface area contributed by atoms with Gasteiger partial charge in [0.15, 0.2) is 0 Å². The number of nitrogens with one attached hydrogen (secondary N) is 2. The molecule has 1 aromatic rings. The molecular formula is C14H21ClN4O2. The number of amides is 2. The van der Waals surface area contributed by atoms with Crippen molar-refractivity contribution < 1.29 is 9.59 Å². The van der Waals surface area contributed by atoms with E-state index in [1.165, 1.54) is 0 Å². The van der Waals surface area contributed by atoms with Crippen LogP contribution in [0, 0.1) is 0 Å². The van der Waals surface area contributed by atoms with E-state index in [1.807, 2.05) is 6.92 Å². The van der Waals surface area contributed by atoms with Crippen LogP contribution in [0.3, 0.4) is 0 Å². The van der Waals surface area contributed by atoms with E-state index in [4.69, 9.17) is 17.3 Å². The maximum absolute atomic E-state index is 12.0. The molecule has 0 aliphatic carbocycles. The largest absolute Gasteiger partial charge is 0.370 e. The monoisotopic (exact) mass is 312 g/mol. The zero-order valence-corrected chi connectivity index (χ0v) is 12.9. The number of hydrogen-bond donors (Lipinski definition) is 3. The normalized spacial score (nSPS) is 10.2. The second kappa shape index (κ2) is 9.18. The summed E-state index contributed by atoms with van der Waals surface area (Å²) in [4.78, 5) is 26.8. The summed E-state index contributed by atoms with van der Waals surface area (Å²) >= 11 is 5.99. The summed E-state index contributed by atoms with van der Waals surface area (Å²) in [7, 11) is 0. The topological polar surface area (TPSA) is 97.1 Å². The number of nitrogens with two attached hydrogens (primary N) is 1. The molecule has 0 radical (unpaired) electrons. The molecule has 0 unspecified atom stereocenters. The minimum absolute atomic E-state index is 0.202. The zero-order chi connectivity index (χ0) is 15.7. The fourth-order valence-corrected chi connectivity index (χ4v) is 1.85. The maximum Gasteiger partial charge on any atom is 0.271 e. The second-order valence-electron chi connectivity index (χ2n) is 4.63. The van der Waals surface area contributed by atoms with Gasteiger partial charge in [-0.25, -0.2) is 4.98 Å². The number of rotatable bonds is 9. The van der Waals surface area contributed by atoms with Gasteiger partial charge in [-0.15, -0.1) is 0 Å². The molecule has 0 fully saturated rings. The fraction of sp³-hybridized carbons (Fsp3) is 0.500. The minimum atomic E-state index is -0.333. The van der Waals surface area contributed by atoms with E-state index in [1.54, 1.807) is 12.1 Å². The van der Waals surface area contributed by atoms with E-state index in [-0.39, 0.29) is 17.5 Å². The highest BCUT2D eigenvalue weighted by molar-refractivity contribution is 6.33. The van der Waals surface area contributed by atoms with Gasteiger partial charge < -0.3 is 16.4 Å². The summed E-state index contributed by atoms with van der Waals surface area (Å²) in [6, 6.07) is 3.39. The van der Waals surface area contributed by atoms with Crippen molar-refractivity contribution in [2.24, 2.45) is 5.73 Å². The molecule has 0 spiro atoms. The molecular weight excluding hydrogens is 292 g/mol. The minimum Gasteiger partial charge on any atom is -0.370 e. The average Bonchev–Trinajstić information content (AvgIpc) is 2.45. The summed E-state index contributed by atoms with van der Waals surface area (Å²) in [6.07, 6.45) is 2.62. The van der Waals surface area contributed by atoms with Crippen molar-refractivity contribution in [1.29, 1.82) is 0 Å². The number of halogens is 1. The quantitative estimate of drug-likeness (QED) is 0.607. The summed E-state index contributed by atoms with van der Waals surface area (Å²) in [5.74, 6) is -0.0277. The SMILES string of the molecule is CCCNc1ccc(Cl)c(C(=O)NCCCCC(N)=O)n1. The first-order valence-electron chi connectivity index (χ1n) is 7.01. The van der Waals surface area contributed by atoms with Gasteiger partial charge in [-0.05, 0) is 31.4 Å². The van der Waals surface area contributed by atoms with Crippen molar-refractivity contribution in [3.05, 3.63) is 22.8 Å². The van der Waals surface area contributed by atoms with Crippen molar-refractivity contribution in [3.63, 3.8) is 0 Å². The summed E-state index contributed by atoms with van der Waals surface area (Å²) < 4.78 is 0. The van der Waals surface area contributed by atoms with Gasteiger partial charge in [-0.1, -0.05) is 18.5 Å². The number of unbranched alkanes of at least 4 members (excludes halogenated alkanes) is 1. The zero-order valence-electron chi connectivity index (χ0n) is 12.1. The molecule has 1 aromatic heterocycles. The third kappa shape index (κ3) is 6.44. The Kier molecular flexibility index (Phi) is 7.53. The van der Waals surface area contributed by atoms with Gasteiger partial charge in [-0.3, -0.25) is 9.59 Å². The molecule has 0 aliphatic rings. The lowest BCUT2D eigenvalue weighted by Crippen LogP contribution is -2.26. The van der Waals surface area contributed by atoms with Crippen LogP contribution in [0.4, 0.5) is 5.82 Å². The molecule has 0 aromatic carbocycles. The summed E-state index contributed by atoms with van der Waals surface area (Å²) in [5.41, 5.74) is 5.24. The van der Waals surface area contributed by atoms with E-state index in [2.05, 4.69) is 15.6 Å². The van der Waals surface area contributed by atoms with E-state index in [0.717, 1.165) is 13.0 Å². The van der Waals surface area contributed by atoms with Crippen molar-refractivity contribution in [3.8, 4) is 0 Å². The Balaban J connectivity index is 2.50. The smallest absolute Gasteiger partial charge is 0.271 e. The number of carbonyl (C=O) groups excluding carboxylic acids is 2. The Morgan fingerprint density at radius 1 is 1.29 bits per heavy atom. The average molecular weight is 313 g/mol. The van der Waals surface area contributed by atoms with Crippen LogP contribution in [0.5, 0.6) is 0 Å². The summed E-state index contributed by atoms with van der Waals surface area (Å²) in [5, 5.41) is 6.15. The fourth-order valence-electron chi connectivity index (χ4n) is 1.66. The molecule has 7 heteroatoms. The first-order chi connectivity index (χ1) is 10.0. The number of nitrogens with zero attached hydrogens (tertiary/aromatic N) is 1. The van der Waals surface area contributed by atoms with E-state index < -0.39 is 0 Å². The highest BCUT2D eigenvalue weighted by atomic mass is 35.5. The Bertz CT molecular complexity index is 494. The molecule has 116 valence electrons. The van der Waals surface area contributed by atoms with Gasteiger partial charge >= 0.3 is 0 Å². The number of hydrogen-bond acceptors (Lipinski definition) is 4. The van der Waals surface area contributed by atoms with Gasteiger partial charge in [-0.2, -0.15) is 0 Å². The molecule has 0 saturated heterocycles. The molecule has 1 rings (SSSR count). The van der Waals surface area contributed by atoms with Gasteiger partial charge in [0.05, 0.1) is 5.02 Å². The number of carbonyl (C=O) groups is 2. The van der Waals surface area contributed by atoms with Crippen LogP contribution in [-0.4, -0.2) is 29.9 Å². The van der Waals surface area contributed by atoms with Crippen LogP contribution in [0.15, 0.2) is 12.1 Å². The standard InChI is InChI=1S/C14H21ClN4O2/c1-2-8-17-12-7-6-10(15)13(19-12)14(21)18-9-4-3-5-11(16)20/h6-7H,2-5,8-9H2,1H3,(H2,16,20)(H,17,19)(H,18,21). The predicted octanol–water partition coefficient (Wildman–Crippen LogP) is 1.94. The van der Waals surface area contributed by atoms with Gasteiger partial charge in [0.1, 0.15) is 11.5 Å². The van der Waals surface area contributed by atoms with Crippen LogP contribution in [-0.2, 0) is 4.79 Å². The van der Waals surface area contributed by atoms with Crippen LogP contribution in [0.2, 0.25) is 5.02 Å². The van der Waals surface area contributed by atoms with Crippen LogP contribution in [0.25, 0.3) is 0 Å². The third-order valence-corrected chi connectivity index (χ3v) is 3.06. The van der Waals surface area contributed by atoms with E-state index in [0.29, 0.717) is 36.6 Å². The number of pyridine rings is 1. The Morgan fingerprint density at radius 3 is 2.71 bits per heavy atom. The molecule has 4 N–H and O–H groups in total. The molecule has 0 bridgehead atoms. The highest BCUT2D eigenvalue weighted by Gasteiger charge is 2.12. The first kappa shape index (κ1) is 17.2. The maximum atomic E-state index is 12.0. The second-order valence-corrected chi connectivity index (χ2v) is 5.04. The number of primary amides is 1. The molecule has 2 amide bonds. The van der Waals surface area contributed by atoms with E-state index >= 15 is 0 Å². The molecule has 0 saturated carbocycles. The molecule has 1 heterocycles. The van der Waals surface area contributed by atoms with Gasteiger partial charge in [0.25, 0.3) is 5.91 Å². The first-order valence-corrected chi connectivity index (χ1v) is 7.39. The molecule has 21 heavy (non-hydrogen) atoms. The predicted molar refractivity (Wildman–Crippen MR) is 83.4 cm³/mol. The Morgan fingerprint density at radius 2 is 2.05 bits per heavy atom. The van der Waals surface area contributed by atoms with Crippen LogP contribution < -0.4 is 16.4 Å². The highest BCUT2D eigenvalue weighted by Crippen LogP contribution is 2.16.